The number of carbonyl (C=O) groups is 5. The Hall–Kier alpha value is -4.16. The van der Waals surface area contributed by atoms with E-state index >= 15 is 0 Å². The number of hydrogen-bond acceptors (Lipinski definition) is 8. The number of aliphatic carboxylic acids is 1. The highest BCUT2D eigenvalue weighted by atomic mass is 16.4. The lowest BCUT2D eigenvalue weighted by atomic mass is 9.84. The molecular weight excluding hydrogens is 494 g/mol. The van der Waals surface area contributed by atoms with E-state index in [2.05, 4.69) is 31.3 Å². The number of H-pyrrole nitrogens is 1. The third-order valence-electron chi connectivity index (χ3n) is 6.89. The fourth-order valence-electron chi connectivity index (χ4n) is 4.45. The van der Waals surface area contributed by atoms with Crippen molar-refractivity contribution in [3.63, 3.8) is 0 Å². The summed E-state index contributed by atoms with van der Waals surface area (Å²) in [4.78, 5) is 64.4. The van der Waals surface area contributed by atoms with Crippen LogP contribution in [0.25, 0.3) is 0 Å². The van der Waals surface area contributed by atoms with Gasteiger partial charge in [-0.05, 0) is 17.5 Å². The summed E-state index contributed by atoms with van der Waals surface area (Å²) in [5, 5.41) is 27.7. The molecular formula is C25H33N7O6. The molecule has 4 atom stereocenters. The van der Waals surface area contributed by atoms with Gasteiger partial charge in [0.15, 0.2) is 5.82 Å². The molecule has 1 aliphatic heterocycles. The van der Waals surface area contributed by atoms with Crippen molar-refractivity contribution in [2.75, 3.05) is 11.4 Å². The molecule has 2 aromatic rings. The number of carboxylic acid groups (broad SMARTS) is 1. The van der Waals surface area contributed by atoms with Crippen LogP contribution >= 0.6 is 0 Å². The van der Waals surface area contributed by atoms with Crippen LogP contribution in [0.5, 0.6) is 0 Å². The van der Waals surface area contributed by atoms with Crippen molar-refractivity contribution in [3.8, 4) is 0 Å². The second kappa shape index (κ2) is 12.9. The highest BCUT2D eigenvalue weighted by Gasteiger charge is 2.38. The van der Waals surface area contributed by atoms with E-state index in [1.165, 1.54) is 11.8 Å². The Labute approximate surface area is 219 Å². The molecule has 38 heavy (non-hydrogen) atoms. The summed E-state index contributed by atoms with van der Waals surface area (Å²) in [7, 11) is 0. The number of benzene rings is 1. The number of ketones is 1. The molecule has 2 heterocycles. The summed E-state index contributed by atoms with van der Waals surface area (Å²) in [5.41, 5.74) is 1.41. The van der Waals surface area contributed by atoms with Crippen molar-refractivity contribution < 1.29 is 29.1 Å². The second-order valence-corrected chi connectivity index (χ2v) is 9.54. The summed E-state index contributed by atoms with van der Waals surface area (Å²) in [5.74, 6) is -4.04. The van der Waals surface area contributed by atoms with Gasteiger partial charge in [0, 0.05) is 30.4 Å². The summed E-state index contributed by atoms with van der Waals surface area (Å²) >= 11 is 0. The molecule has 0 aliphatic carbocycles. The largest absolute Gasteiger partial charge is 0.481 e. The first-order valence-electron chi connectivity index (χ1n) is 12.5. The molecule has 13 nitrogen and oxygen atoms in total. The van der Waals surface area contributed by atoms with Gasteiger partial charge >= 0.3 is 5.97 Å². The van der Waals surface area contributed by atoms with Gasteiger partial charge in [0.25, 0.3) is 0 Å². The lowest BCUT2D eigenvalue weighted by Gasteiger charge is -2.26. The van der Waals surface area contributed by atoms with Gasteiger partial charge < -0.3 is 15.7 Å². The zero-order valence-electron chi connectivity index (χ0n) is 21.6. The molecule has 204 valence electrons. The van der Waals surface area contributed by atoms with Crippen molar-refractivity contribution in [1.29, 1.82) is 0 Å². The van der Waals surface area contributed by atoms with E-state index in [9.17, 15) is 24.0 Å². The molecule has 0 radical (unpaired) electrons. The molecule has 0 saturated heterocycles. The van der Waals surface area contributed by atoms with Crippen molar-refractivity contribution in [2.45, 2.75) is 59.0 Å². The molecule has 0 spiro atoms. The average Bonchev–Trinajstić information content (AvgIpc) is 3.55. The molecule has 1 unspecified atom stereocenters. The number of fused-ring (bicyclic) bond motifs is 1. The van der Waals surface area contributed by atoms with E-state index in [4.69, 9.17) is 5.11 Å². The lowest BCUT2D eigenvalue weighted by molar-refractivity contribution is -0.141. The maximum Gasteiger partial charge on any atom is 0.304 e. The maximum absolute atomic E-state index is 13.3. The molecule has 0 saturated carbocycles. The number of amides is 3. The average molecular weight is 528 g/mol. The molecule has 1 aromatic carbocycles. The van der Waals surface area contributed by atoms with Crippen LogP contribution in [0, 0.1) is 17.8 Å². The quantitative estimate of drug-likeness (QED) is 0.289. The van der Waals surface area contributed by atoms with Gasteiger partial charge in [-0.25, -0.2) is 0 Å². The molecule has 0 bridgehead atoms. The van der Waals surface area contributed by atoms with Gasteiger partial charge in [-0.15, -0.1) is 10.2 Å². The summed E-state index contributed by atoms with van der Waals surface area (Å²) in [6.45, 7) is 4.92. The number of nitrogens with zero attached hydrogens (tertiary/aromatic N) is 4. The van der Waals surface area contributed by atoms with Gasteiger partial charge in [0.2, 0.25) is 17.7 Å². The van der Waals surface area contributed by atoms with Crippen LogP contribution in [0.3, 0.4) is 0 Å². The smallest absolute Gasteiger partial charge is 0.304 e. The number of aromatic nitrogens is 4. The molecule has 3 rings (SSSR count). The molecule has 13 heteroatoms. The minimum atomic E-state index is -1.08. The monoisotopic (exact) mass is 527 g/mol. The first-order valence-corrected chi connectivity index (χ1v) is 12.5. The topological polar surface area (TPSA) is 187 Å². The first-order chi connectivity index (χ1) is 18.1. The number of aromatic amines is 1. The fourth-order valence-corrected chi connectivity index (χ4v) is 4.45. The van der Waals surface area contributed by atoms with Gasteiger partial charge in [0.05, 0.1) is 19.5 Å². The number of Topliss-reactive ketones (excluding diaryl/α,β-unsaturated/α-hetero) is 1. The number of rotatable bonds is 13. The Morgan fingerprint density at radius 1 is 1.13 bits per heavy atom. The zero-order chi connectivity index (χ0) is 27.8. The maximum atomic E-state index is 13.3. The van der Waals surface area contributed by atoms with E-state index in [1.54, 1.807) is 12.1 Å². The Kier molecular flexibility index (Phi) is 9.63. The highest BCUT2D eigenvalue weighted by molar-refractivity contribution is 6.05. The van der Waals surface area contributed by atoms with Crippen LogP contribution in [0.4, 0.5) is 5.69 Å². The van der Waals surface area contributed by atoms with Crippen LogP contribution in [-0.2, 0) is 36.9 Å². The van der Waals surface area contributed by atoms with Gasteiger partial charge in [-0.3, -0.25) is 28.9 Å². The van der Waals surface area contributed by atoms with Gasteiger partial charge in [0.1, 0.15) is 11.8 Å². The van der Waals surface area contributed by atoms with Crippen molar-refractivity contribution in [3.05, 3.63) is 35.7 Å². The van der Waals surface area contributed by atoms with E-state index in [0.717, 1.165) is 5.56 Å². The number of nitrogens with one attached hydrogen (secondary N) is 3. The van der Waals surface area contributed by atoms with E-state index < -0.39 is 41.6 Å². The minimum Gasteiger partial charge on any atom is -0.481 e. The van der Waals surface area contributed by atoms with Crippen molar-refractivity contribution in [2.24, 2.45) is 17.8 Å². The predicted molar refractivity (Wildman–Crippen MR) is 134 cm³/mol. The van der Waals surface area contributed by atoms with Crippen LogP contribution in [0.2, 0.25) is 0 Å². The van der Waals surface area contributed by atoms with E-state index in [1.807, 2.05) is 26.0 Å². The second-order valence-electron chi connectivity index (χ2n) is 9.54. The summed E-state index contributed by atoms with van der Waals surface area (Å²) < 4.78 is 0. The normalized spacial score (nSPS) is 16.7. The molecule has 3 amide bonds. The number of anilines is 1. The Morgan fingerprint density at radius 2 is 1.87 bits per heavy atom. The number of carboxylic acids is 1. The minimum absolute atomic E-state index is 0.0336. The van der Waals surface area contributed by atoms with Gasteiger partial charge in [-0.1, -0.05) is 50.6 Å². The van der Waals surface area contributed by atoms with Crippen molar-refractivity contribution >= 4 is 35.2 Å². The standard InChI is InChI=1S/C25H33N7O6/c1-4-14(2)17(11-20(33)15(3)9-23(35)36)24(37)27-13-22(34)32-18-8-6-5-7-16(18)10-19(32)25(38)26-12-21-28-30-31-29-21/h5-8,14-15,17,19H,4,9-13H2,1-3H3,(H,26,38)(H,27,37)(H,35,36)(H,28,29,30,31)/t14-,15?,17-,19-/m0/s1. The Morgan fingerprint density at radius 3 is 2.53 bits per heavy atom. The van der Waals surface area contributed by atoms with Crippen LogP contribution in [0.1, 0.15) is 51.4 Å². The lowest BCUT2D eigenvalue weighted by Crippen LogP contribution is -2.51. The van der Waals surface area contributed by atoms with Gasteiger partial charge in [-0.2, -0.15) is 5.21 Å². The van der Waals surface area contributed by atoms with Crippen LogP contribution < -0.4 is 15.5 Å². The SMILES string of the molecule is CC[C@H](C)[C@H](CC(=O)C(C)CC(=O)O)C(=O)NCC(=O)N1c2ccccc2C[C@H]1C(=O)NCc1nn[nH]n1. The predicted octanol–water partition coefficient (Wildman–Crippen LogP) is 0.622. The zero-order valence-corrected chi connectivity index (χ0v) is 21.6. The highest BCUT2D eigenvalue weighted by Crippen LogP contribution is 2.32. The van der Waals surface area contributed by atoms with E-state index in [0.29, 0.717) is 24.4 Å². The Bertz CT molecular complexity index is 1170. The molecule has 4 N–H and O–H groups in total. The molecule has 0 fully saturated rings. The molecule has 1 aliphatic rings. The molecule has 1 aromatic heterocycles. The number of tetrazole rings is 1. The number of hydrogen-bond donors (Lipinski definition) is 4. The first kappa shape index (κ1) is 28.4. The van der Waals surface area contributed by atoms with E-state index in [-0.39, 0.29) is 37.6 Å². The van der Waals surface area contributed by atoms with Crippen molar-refractivity contribution in [1.82, 2.24) is 31.3 Å². The summed E-state index contributed by atoms with van der Waals surface area (Å²) in [6, 6.07) is 6.34. The summed E-state index contributed by atoms with van der Waals surface area (Å²) in [6.07, 6.45) is 0.502. The third-order valence-corrected chi connectivity index (χ3v) is 6.89. The Balaban J connectivity index is 1.68. The van der Waals surface area contributed by atoms with Crippen LogP contribution in [-0.4, -0.2) is 67.8 Å². The van der Waals surface area contributed by atoms with Crippen LogP contribution in [0.15, 0.2) is 24.3 Å². The fraction of sp³-hybridized carbons (Fsp3) is 0.520. The number of para-hydroxylation sites is 1. The number of carbonyl (C=O) groups excluding carboxylic acids is 4. The third kappa shape index (κ3) is 6.99.